The molecule has 2 aromatic rings. The Balaban J connectivity index is 0.00000161. The number of amides is 1. The summed E-state index contributed by atoms with van der Waals surface area (Å²) in [5.74, 6) is -0.177. The summed E-state index contributed by atoms with van der Waals surface area (Å²) in [6.07, 6.45) is 4.33. The summed E-state index contributed by atoms with van der Waals surface area (Å²) in [5.41, 5.74) is 7.50. The molecule has 1 amide bonds. The first kappa shape index (κ1) is 15.6. The van der Waals surface area contributed by atoms with Crippen LogP contribution in [0.3, 0.4) is 0 Å². The zero-order valence-corrected chi connectivity index (χ0v) is 12.2. The van der Waals surface area contributed by atoms with Gasteiger partial charge < -0.3 is 15.8 Å². The van der Waals surface area contributed by atoms with Crippen LogP contribution in [-0.4, -0.2) is 34.6 Å². The van der Waals surface area contributed by atoms with E-state index in [0.29, 0.717) is 31.7 Å². The number of nitrogens with zero attached hydrogens (tertiary/aromatic N) is 2. The topological polar surface area (TPSA) is 90.1 Å². The van der Waals surface area contributed by atoms with Gasteiger partial charge in [0.25, 0.3) is 0 Å². The molecular weight excluding hydrogens is 292 g/mol. The third-order valence-electron chi connectivity index (χ3n) is 3.56. The van der Waals surface area contributed by atoms with Gasteiger partial charge in [0.05, 0.1) is 11.0 Å². The first-order valence-corrected chi connectivity index (χ1v) is 6.56. The fourth-order valence-corrected chi connectivity index (χ4v) is 2.26. The molecule has 0 radical (unpaired) electrons. The van der Waals surface area contributed by atoms with E-state index in [4.69, 9.17) is 10.5 Å². The molecule has 0 unspecified atom stereocenters. The van der Waals surface area contributed by atoms with Crippen molar-refractivity contribution in [3.8, 4) is 0 Å². The zero-order chi connectivity index (χ0) is 14.0. The Kier molecular flexibility index (Phi) is 4.72. The Morgan fingerprint density at radius 2 is 1.86 bits per heavy atom. The van der Waals surface area contributed by atoms with Crippen LogP contribution in [0.5, 0.6) is 0 Å². The summed E-state index contributed by atoms with van der Waals surface area (Å²) in [6.45, 7) is 1.04. The molecule has 3 rings (SSSR count). The molecule has 7 heteroatoms. The van der Waals surface area contributed by atoms with E-state index in [1.165, 1.54) is 0 Å². The van der Waals surface area contributed by atoms with Crippen LogP contribution in [0, 0.1) is 0 Å². The largest absolute Gasteiger partial charge is 0.381 e. The second kappa shape index (κ2) is 6.34. The Hall–Kier alpha value is -1.76. The van der Waals surface area contributed by atoms with E-state index in [2.05, 4.69) is 15.3 Å². The van der Waals surface area contributed by atoms with Crippen molar-refractivity contribution in [2.75, 3.05) is 18.5 Å². The van der Waals surface area contributed by atoms with Gasteiger partial charge >= 0.3 is 0 Å². The van der Waals surface area contributed by atoms with Gasteiger partial charge in [0, 0.05) is 31.3 Å². The van der Waals surface area contributed by atoms with Gasteiger partial charge in [0.1, 0.15) is 5.54 Å². The van der Waals surface area contributed by atoms with Gasteiger partial charge in [-0.15, -0.1) is 12.4 Å². The molecule has 1 aromatic heterocycles. The van der Waals surface area contributed by atoms with Gasteiger partial charge in [0.15, 0.2) is 0 Å². The molecule has 1 saturated heterocycles. The first-order chi connectivity index (χ1) is 9.67. The maximum Gasteiger partial charge on any atom is 0.244 e. The number of fused-ring (bicyclic) bond motifs is 1. The zero-order valence-electron chi connectivity index (χ0n) is 11.4. The summed E-state index contributed by atoms with van der Waals surface area (Å²) in [5, 5.41) is 2.86. The number of halogens is 1. The number of hydrogen-bond acceptors (Lipinski definition) is 5. The van der Waals surface area contributed by atoms with E-state index in [1.807, 2.05) is 6.07 Å². The minimum Gasteiger partial charge on any atom is -0.381 e. The normalized spacial score (nSPS) is 17.0. The molecule has 3 N–H and O–H groups in total. The third-order valence-corrected chi connectivity index (χ3v) is 3.56. The average molecular weight is 309 g/mol. The van der Waals surface area contributed by atoms with Crippen molar-refractivity contribution in [3.63, 3.8) is 0 Å². The van der Waals surface area contributed by atoms with Crippen molar-refractivity contribution in [2.24, 2.45) is 5.73 Å². The highest BCUT2D eigenvalue weighted by atomic mass is 35.5. The standard InChI is InChI=1S/C14H16N4O2.ClH/c15-14(3-7-20-8-4-14)13(19)18-10-1-2-11-12(9-10)17-6-5-16-11;/h1-2,5-6,9H,3-4,7-8,15H2,(H,18,19);1H. The maximum absolute atomic E-state index is 12.3. The molecule has 1 fully saturated rings. The number of nitrogens with two attached hydrogens (primary N) is 1. The minimum absolute atomic E-state index is 0. The molecule has 2 heterocycles. The van der Waals surface area contributed by atoms with Gasteiger partial charge in [-0.05, 0) is 31.0 Å². The lowest BCUT2D eigenvalue weighted by Gasteiger charge is -2.31. The lowest BCUT2D eigenvalue weighted by molar-refractivity contribution is -0.124. The van der Waals surface area contributed by atoms with Crippen LogP contribution in [0.4, 0.5) is 5.69 Å². The molecule has 1 aliphatic heterocycles. The fourth-order valence-electron chi connectivity index (χ4n) is 2.26. The second-order valence-electron chi connectivity index (χ2n) is 4.98. The molecule has 6 nitrogen and oxygen atoms in total. The highest BCUT2D eigenvalue weighted by molar-refractivity contribution is 5.99. The van der Waals surface area contributed by atoms with Crippen molar-refractivity contribution < 1.29 is 9.53 Å². The van der Waals surface area contributed by atoms with Crippen molar-refractivity contribution in [3.05, 3.63) is 30.6 Å². The molecule has 0 spiro atoms. The summed E-state index contributed by atoms with van der Waals surface area (Å²) in [4.78, 5) is 20.7. The lowest BCUT2D eigenvalue weighted by atomic mass is 9.90. The van der Waals surface area contributed by atoms with Crippen molar-refractivity contribution >= 4 is 35.0 Å². The Bertz CT molecular complexity index is 644. The van der Waals surface area contributed by atoms with E-state index < -0.39 is 5.54 Å². The molecule has 0 saturated carbocycles. The summed E-state index contributed by atoms with van der Waals surface area (Å²) in [7, 11) is 0. The van der Waals surface area contributed by atoms with Crippen molar-refractivity contribution in [1.82, 2.24) is 9.97 Å². The molecule has 21 heavy (non-hydrogen) atoms. The van der Waals surface area contributed by atoms with Crippen LogP contribution >= 0.6 is 12.4 Å². The number of anilines is 1. The first-order valence-electron chi connectivity index (χ1n) is 6.56. The number of benzene rings is 1. The minimum atomic E-state index is -0.852. The molecular formula is C14H17ClN4O2. The Labute approximate surface area is 128 Å². The number of nitrogens with one attached hydrogen (secondary N) is 1. The highest BCUT2D eigenvalue weighted by Crippen LogP contribution is 2.21. The van der Waals surface area contributed by atoms with Crippen LogP contribution in [0.2, 0.25) is 0 Å². The van der Waals surface area contributed by atoms with Gasteiger partial charge in [0.2, 0.25) is 5.91 Å². The van der Waals surface area contributed by atoms with E-state index in [9.17, 15) is 4.79 Å². The predicted molar refractivity (Wildman–Crippen MR) is 82.4 cm³/mol. The van der Waals surface area contributed by atoms with Crippen LogP contribution < -0.4 is 11.1 Å². The SMILES string of the molecule is Cl.NC1(C(=O)Nc2ccc3nccnc3c2)CCOCC1. The quantitative estimate of drug-likeness (QED) is 0.877. The van der Waals surface area contributed by atoms with Crippen molar-refractivity contribution in [1.29, 1.82) is 0 Å². The van der Waals surface area contributed by atoms with Crippen molar-refractivity contribution in [2.45, 2.75) is 18.4 Å². The van der Waals surface area contributed by atoms with E-state index in [-0.39, 0.29) is 18.3 Å². The Morgan fingerprint density at radius 3 is 2.57 bits per heavy atom. The summed E-state index contributed by atoms with van der Waals surface area (Å²) < 4.78 is 5.24. The second-order valence-corrected chi connectivity index (χ2v) is 4.98. The predicted octanol–water partition coefficient (Wildman–Crippen LogP) is 1.50. The molecule has 0 aliphatic carbocycles. The average Bonchev–Trinajstić information content (AvgIpc) is 2.48. The van der Waals surface area contributed by atoms with Crippen LogP contribution in [0.15, 0.2) is 30.6 Å². The molecule has 1 aliphatic rings. The number of carbonyl (C=O) groups excluding carboxylic acids is 1. The van der Waals surface area contributed by atoms with E-state index in [1.54, 1.807) is 24.5 Å². The van der Waals surface area contributed by atoms with E-state index in [0.717, 1.165) is 11.0 Å². The third kappa shape index (κ3) is 3.29. The fraction of sp³-hybridized carbons (Fsp3) is 0.357. The highest BCUT2D eigenvalue weighted by Gasteiger charge is 2.35. The molecule has 0 bridgehead atoms. The molecule has 1 aromatic carbocycles. The number of aromatic nitrogens is 2. The van der Waals surface area contributed by atoms with Crippen LogP contribution in [0.25, 0.3) is 11.0 Å². The van der Waals surface area contributed by atoms with Gasteiger partial charge in [-0.3, -0.25) is 14.8 Å². The summed E-state index contributed by atoms with van der Waals surface area (Å²) in [6, 6.07) is 5.42. The summed E-state index contributed by atoms with van der Waals surface area (Å²) >= 11 is 0. The number of rotatable bonds is 2. The number of carbonyl (C=O) groups is 1. The van der Waals surface area contributed by atoms with Gasteiger partial charge in [-0.2, -0.15) is 0 Å². The molecule has 0 atom stereocenters. The lowest BCUT2D eigenvalue weighted by Crippen LogP contribution is -2.54. The van der Waals surface area contributed by atoms with Crippen LogP contribution in [0.1, 0.15) is 12.8 Å². The Morgan fingerprint density at radius 1 is 1.19 bits per heavy atom. The van der Waals surface area contributed by atoms with Gasteiger partial charge in [-0.25, -0.2) is 0 Å². The van der Waals surface area contributed by atoms with Crippen LogP contribution in [-0.2, 0) is 9.53 Å². The smallest absolute Gasteiger partial charge is 0.244 e. The maximum atomic E-state index is 12.3. The van der Waals surface area contributed by atoms with Gasteiger partial charge in [-0.1, -0.05) is 0 Å². The molecule has 112 valence electrons. The monoisotopic (exact) mass is 308 g/mol. The number of ether oxygens (including phenoxy) is 1. The van der Waals surface area contributed by atoms with E-state index >= 15 is 0 Å². The number of hydrogen-bond donors (Lipinski definition) is 2.